The van der Waals surface area contributed by atoms with Gasteiger partial charge in [0.05, 0.1) is 12.6 Å². The quantitative estimate of drug-likeness (QED) is 0.822. The summed E-state index contributed by atoms with van der Waals surface area (Å²) in [5, 5.41) is 12.6. The fraction of sp³-hybridized carbons (Fsp3) is 0.368. The highest BCUT2D eigenvalue weighted by molar-refractivity contribution is 5.59. The molecule has 2 N–H and O–H groups in total. The number of nitrogens with zero attached hydrogens (tertiary/aromatic N) is 2. The largest absolute Gasteiger partial charge is 0.395 e. The third-order valence-electron chi connectivity index (χ3n) is 4.01. The van der Waals surface area contributed by atoms with Crippen LogP contribution in [0.2, 0.25) is 0 Å². The predicted molar refractivity (Wildman–Crippen MR) is 99.6 cm³/mol. The Hall–Kier alpha value is -2.20. The van der Waals surface area contributed by atoms with E-state index in [1.54, 1.807) is 0 Å². The zero-order chi connectivity index (χ0) is 16.8. The molecule has 0 fully saturated rings. The van der Waals surface area contributed by atoms with Gasteiger partial charge in [-0.3, -0.25) is 0 Å². The lowest BCUT2D eigenvalue weighted by atomic mass is 10.0. The molecule has 1 atom stereocenters. The number of anilines is 3. The smallest absolute Gasteiger partial charge is 0.0606 e. The second-order valence-corrected chi connectivity index (χ2v) is 6.01. The van der Waals surface area contributed by atoms with E-state index in [-0.39, 0.29) is 12.6 Å². The molecule has 4 nitrogen and oxygen atoms in total. The third kappa shape index (κ3) is 4.39. The van der Waals surface area contributed by atoms with Crippen molar-refractivity contribution in [1.29, 1.82) is 0 Å². The van der Waals surface area contributed by atoms with Gasteiger partial charge in [-0.25, -0.2) is 0 Å². The Morgan fingerprint density at radius 1 is 1.00 bits per heavy atom. The molecule has 0 aliphatic heterocycles. The molecule has 2 rings (SSSR count). The normalized spacial score (nSPS) is 11.9. The molecule has 0 amide bonds. The summed E-state index contributed by atoms with van der Waals surface area (Å²) in [5.74, 6) is 0. The van der Waals surface area contributed by atoms with Crippen LogP contribution in [-0.4, -0.2) is 39.4 Å². The molecule has 2 aromatic rings. The average molecular weight is 313 g/mol. The standard InChI is InChI=1S/C19H27N3O/c1-15(18-7-5-6-8-19(18)21(2)3)20-16-9-11-17(12-10-16)22(4)13-14-23/h5-12,15,20,23H,13-14H2,1-4H3. The van der Waals surface area contributed by atoms with Crippen molar-refractivity contribution in [2.45, 2.75) is 13.0 Å². The number of aliphatic hydroxyl groups excluding tert-OH is 1. The van der Waals surface area contributed by atoms with Crippen LogP contribution in [0.3, 0.4) is 0 Å². The number of hydrogen-bond acceptors (Lipinski definition) is 4. The molecular formula is C19H27N3O. The number of nitrogens with one attached hydrogen (secondary N) is 1. The van der Waals surface area contributed by atoms with Gasteiger partial charge in [0.25, 0.3) is 0 Å². The van der Waals surface area contributed by atoms with Crippen molar-refractivity contribution in [1.82, 2.24) is 0 Å². The van der Waals surface area contributed by atoms with E-state index >= 15 is 0 Å². The minimum Gasteiger partial charge on any atom is -0.395 e. The molecule has 0 saturated carbocycles. The van der Waals surface area contributed by atoms with Gasteiger partial charge in [-0.1, -0.05) is 18.2 Å². The summed E-state index contributed by atoms with van der Waals surface area (Å²) in [5.41, 5.74) is 4.70. The summed E-state index contributed by atoms with van der Waals surface area (Å²) < 4.78 is 0. The van der Waals surface area contributed by atoms with E-state index in [0.717, 1.165) is 11.4 Å². The molecule has 0 heterocycles. The molecule has 0 aliphatic carbocycles. The fourth-order valence-electron chi connectivity index (χ4n) is 2.68. The van der Waals surface area contributed by atoms with Crippen LogP contribution >= 0.6 is 0 Å². The summed E-state index contributed by atoms with van der Waals surface area (Å²) in [6, 6.07) is 17.0. The lowest BCUT2D eigenvalue weighted by Gasteiger charge is -2.23. The Bertz CT molecular complexity index is 610. The van der Waals surface area contributed by atoms with Crippen LogP contribution in [0.4, 0.5) is 17.1 Å². The minimum absolute atomic E-state index is 0.162. The molecule has 124 valence electrons. The predicted octanol–water partition coefficient (Wildman–Crippen LogP) is 3.35. The van der Waals surface area contributed by atoms with Crippen molar-refractivity contribution in [3.05, 3.63) is 54.1 Å². The molecule has 2 aromatic carbocycles. The lowest BCUT2D eigenvalue weighted by Crippen LogP contribution is -2.21. The van der Waals surface area contributed by atoms with Gasteiger partial charge >= 0.3 is 0 Å². The van der Waals surface area contributed by atoms with Crippen molar-refractivity contribution < 1.29 is 5.11 Å². The number of benzene rings is 2. The first-order valence-electron chi connectivity index (χ1n) is 7.97. The summed E-state index contributed by atoms with van der Waals surface area (Å²) in [6.07, 6.45) is 0. The van der Waals surface area contributed by atoms with E-state index < -0.39 is 0 Å². The molecule has 0 saturated heterocycles. The van der Waals surface area contributed by atoms with Crippen LogP contribution in [0, 0.1) is 0 Å². The molecule has 0 aromatic heterocycles. The van der Waals surface area contributed by atoms with Gasteiger partial charge in [-0.05, 0) is 42.8 Å². The van der Waals surface area contributed by atoms with Gasteiger partial charge < -0.3 is 20.2 Å². The Morgan fingerprint density at radius 2 is 1.65 bits per heavy atom. The van der Waals surface area contributed by atoms with Crippen LogP contribution < -0.4 is 15.1 Å². The number of rotatable bonds is 7. The topological polar surface area (TPSA) is 38.7 Å². The summed E-state index contributed by atoms with van der Waals surface area (Å²) in [7, 11) is 6.11. The van der Waals surface area contributed by atoms with Crippen molar-refractivity contribution >= 4 is 17.1 Å². The van der Waals surface area contributed by atoms with Gasteiger partial charge in [0.2, 0.25) is 0 Å². The SMILES string of the molecule is CC(Nc1ccc(N(C)CCO)cc1)c1ccccc1N(C)C. The van der Waals surface area contributed by atoms with Crippen LogP contribution in [0.1, 0.15) is 18.5 Å². The maximum atomic E-state index is 9.01. The van der Waals surface area contributed by atoms with Crippen LogP contribution in [0.25, 0.3) is 0 Å². The zero-order valence-electron chi connectivity index (χ0n) is 14.5. The van der Waals surface area contributed by atoms with Crippen LogP contribution in [0.5, 0.6) is 0 Å². The molecular weight excluding hydrogens is 286 g/mol. The average Bonchev–Trinajstić information content (AvgIpc) is 2.55. The number of para-hydroxylation sites is 1. The van der Waals surface area contributed by atoms with E-state index in [0.29, 0.717) is 6.54 Å². The van der Waals surface area contributed by atoms with Gasteiger partial charge in [0, 0.05) is 44.7 Å². The Kier molecular flexibility index (Phi) is 5.88. The van der Waals surface area contributed by atoms with E-state index in [1.807, 2.05) is 11.9 Å². The minimum atomic E-state index is 0.162. The first-order valence-corrected chi connectivity index (χ1v) is 7.97. The van der Waals surface area contributed by atoms with Crippen LogP contribution in [-0.2, 0) is 0 Å². The monoisotopic (exact) mass is 313 g/mol. The van der Waals surface area contributed by atoms with Gasteiger partial charge in [-0.2, -0.15) is 0 Å². The van der Waals surface area contributed by atoms with E-state index in [2.05, 4.69) is 79.8 Å². The molecule has 1 unspecified atom stereocenters. The Morgan fingerprint density at radius 3 is 2.26 bits per heavy atom. The van der Waals surface area contributed by atoms with E-state index in [9.17, 15) is 0 Å². The van der Waals surface area contributed by atoms with Crippen molar-refractivity contribution in [2.75, 3.05) is 49.4 Å². The van der Waals surface area contributed by atoms with Gasteiger partial charge in [0.15, 0.2) is 0 Å². The van der Waals surface area contributed by atoms with Crippen LogP contribution in [0.15, 0.2) is 48.5 Å². The maximum absolute atomic E-state index is 9.01. The van der Waals surface area contributed by atoms with E-state index in [1.165, 1.54) is 11.3 Å². The number of likely N-dealkylation sites (N-methyl/N-ethyl adjacent to an activating group) is 1. The number of hydrogen-bond donors (Lipinski definition) is 2. The summed E-state index contributed by atoms with van der Waals surface area (Å²) in [6.45, 7) is 2.97. The zero-order valence-corrected chi connectivity index (χ0v) is 14.5. The molecule has 23 heavy (non-hydrogen) atoms. The Labute approximate surface area is 139 Å². The lowest BCUT2D eigenvalue weighted by molar-refractivity contribution is 0.304. The highest BCUT2D eigenvalue weighted by Gasteiger charge is 2.11. The van der Waals surface area contributed by atoms with Gasteiger partial charge in [0.1, 0.15) is 0 Å². The van der Waals surface area contributed by atoms with E-state index in [4.69, 9.17) is 5.11 Å². The molecule has 4 heteroatoms. The fourth-order valence-corrected chi connectivity index (χ4v) is 2.68. The van der Waals surface area contributed by atoms with Gasteiger partial charge in [-0.15, -0.1) is 0 Å². The molecule has 0 radical (unpaired) electrons. The third-order valence-corrected chi connectivity index (χ3v) is 4.01. The highest BCUT2D eigenvalue weighted by atomic mass is 16.3. The second-order valence-electron chi connectivity index (χ2n) is 6.01. The number of aliphatic hydroxyl groups is 1. The van der Waals surface area contributed by atoms with Crippen molar-refractivity contribution in [3.8, 4) is 0 Å². The molecule has 0 spiro atoms. The van der Waals surface area contributed by atoms with Crippen molar-refractivity contribution in [3.63, 3.8) is 0 Å². The first-order chi connectivity index (χ1) is 11.0. The second kappa shape index (κ2) is 7.88. The summed E-state index contributed by atoms with van der Waals surface area (Å²) >= 11 is 0. The maximum Gasteiger partial charge on any atom is 0.0606 e. The highest BCUT2D eigenvalue weighted by Crippen LogP contribution is 2.28. The summed E-state index contributed by atoms with van der Waals surface area (Å²) in [4.78, 5) is 4.18. The molecule has 0 aliphatic rings. The van der Waals surface area contributed by atoms with Crippen molar-refractivity contribution in [2.24, 2.45) is 0 Å². The first kappa shape index (κ1) is 17.2. The molecule has 0 bridgehead atoms. The Balaban J connectivity index is 2.10.